The van der Waals surface area contributed by atoms with Crippen LogP contribution in [0.4, 0.5) is 5.95 Å². The van der Waals surface area contributed by atoms with Crippen molar-refractivity contribution >= 4 is 11.9 Å². The van der Waals surface area contributed by atoms with E-state index in [0.717, 1.165) is 16.9 Å². The average Bonchev–Trinajstić information content (AvgIpc) is 2.41. The highest BCUT2D eigenvalue weighted by Gasteiger charge is 2.22. The van der Waals surface area contributed by atoms with Crippen LogP contribution in [0.25, 0.3) is 0 Å². The van der Waals surface area contributed by atoms with Gasteiger partial charge in [0.1, 0.15) is 11.9 Å². The summed E-state index contributed by atoms with van der Waals surface area (Å²) in [6.45, 7) is 7.40. The summed E-state index contributed by atoms with van der Waals surface area (Å²) in [5, 5.41) is 0. The summed E-state index contributed by atoms with van der Waals surface area (Å²) in [7, 11) is 0. The number of carbonyl (C=O) groups excluding carboxylic acids is 1. The second kappa shape index (κ2) is 6.01. The minimum atomic E-state index is -0.593. The van der Waals surface area contributed by atoms with Gasteiger partial charge in [0.2, 0.25) is 5.95 Å². The zero-order valence-electron chi connectivity index (χ0n) is 13.2. The van der Waals surface area contributed by atoms with Crippen molar-refractivity contribution in [3.05, 3.63) is 46.3 Å². The molecule has 1 amide bonds. The van der Waals surface area contributed by atoms with Gasteiger partial charge < -0.3 is 16.2 Å². The molecule has 0 fully saturated rings. The largest absolute Gasteiger partial charge is 0.484 e. The predicted molar refractivity (Wildman–Crippen MR) is 84.7 cm³/mol. The van der Waals surface area contributed by atoms with E-state index in [1.165, 1.54) is 0 Å². The molecule has 1 unspecified atom stereocenters. The normalized spacial score (nSPS) is 12.0. The minimum Gasteiger partial charge on any atom is -0.484 e. The molecule has 1 aromatic heterocycles. The van der Waals surface area contributed by atoms with Gasteiger partial charge in [-0.3, -0.25) is 4.79 Å². The van der Waals surface area contributed by atoms with Gasteiger partial charge >= 0.3 is 0 Å². The third kappa shape index (κ3) is 3.00. The number of hydrogen-bond acceptors (Lipinski definition) is 5. The number of nitrogens with two attached hydrogens (primary N) is 2. The summed E-state index contributed by atoms with van der Waals surface area (Å²) in [4.78, 5) is 19.8. The molecular formula is C16H20N4O2. The van der Waals surface area contributed by atoms with E-state index in [-0.39, 0.29) is 11.5 Å². The van der Waals surface area contributed by atoms with Gasteiger partial charge in [-0.25, -0.2) is 9.97 Å². The van der Waals surface area contributed by atoms with E-state index in [9.17, 15) is 4.79 Å². The third-order valence-electron chi connectivity index (χ3n) is 3.47. The summed E-state index contributed by atoms with van der Waals surface area (Å²) < 4.78 is 6.01. The number of hydrogen-bond donors (Lipinski definition) is 2. The molecule has 0 saturated heterocycles. The number of ether oxygens (including phenoxy) is 1. The van der Waals surface area contributed by atoms with Crippen LogP contribution < -0.4 is 16.2 Å². The van der Waals surface area contributed by atoms with Crippen LogP contribution in [0.1, 0.15) is 45.9 Å². The number of nitrogen functional groups attached to an aromatic ring is 1. The number of amides is 1. The standard InChI is InChI=1S/C16H20N4O2/c1-8-6-5-7-9(2)14(8)22-11(4)13-12(15(17)21)10(3)19-16(18)20-13/h5-7,11H,1-4H3,(H2,17,21)(H2,18,19,20). The molecule has 6 heteroatoms. The van der Waals surface area contributed by atoms with Crippen molar-refractivity contribution in [1.29, 1.82) is 0 Å². The number of aryl methyl sites for hydroxylation is 3. The lowest BCUT2D eigenvalue weighted by atomic mass is 10.1. The highest BCUT2D eigenvalue weighted by Crippen LogP contribution is 2.29. The van der Waals surface area contributed by atoms with E-state index >= 15 is 0 Å². The molecule has 0 aliphatic rings. The summed E-state index contributed by atoms with van der Waals surface area (Å²) >= 11 is 0. The SMILES string of the molecule is Cc1cccc(C)c1OC(C)c1nc(N)nc(C)c1C(N)=O. The zero-order chi connectivity index (χ0) is 16.4. The average molecular weight is 300 g/mol. The smallest absolute Gasteiger partial charge is 0.252 e. The molecule has 0 radical (unpaired) electrons. The second-order valence-electron chi connectivity index (χ2n) is 5.27. The van der Waals surface area contributed by atoms with Crippen molar-refractivity contribution in [3.8, 4) is 5.75 Å². The number of para-hydroxylation sites is 1. The Morgan fingerprint density at radius 2 is 1.77 bits per heavy atom. The van der Waals surface area contributed by atoms with Crippen LogP contribution in [0, 0.1) is 20.8 Å². The molecule has 6 nitrogen and oxygen atoms in total. The van der Waals surface area contributed by atoms with E-state index in [1.807, 2.05) is 32.0 Å². The monoisotopic (exact) mass is 300 g/mol. The first kappa shape index (κ1) is 15.8. The Morgan fingerprint density at radius 1 is 1.18 bits per heavy atom. The molecule has 1 atom stereocenters. The molecule has 0 saturated carbocycles. The molecule has 0 bridgehead atoms. The molecule has 0 spiro atoms. The van der Waals surface area contributed by atoms with E-state index in [1.54, 1.807) is 13.8 Å². The Balaban J connectivity index is 2.46. The lowest BCUT2D eigenvalue weighted by Crippen LogP contribution is -2.22. The Hall–Kier alpha value is -2.63. The van der Waals surface area contributed by atoms with Gasteiger partial charge in [-0.1, -0.05) is 18.2 Å². The second-order valence-corrected chi connectivity index (χ2v) is 5.27. The summed E-state index contributed by atoms with van der Waals surface area (Å²) in [6.07, 6.45) is -0.480. The number of primary amides is 1. The fourth-order valence-electron chi connectivity index (χ4n) is 2.43. The van der Waals surface area contributed by atoms with Crippen molar-refractivity contribution in [2.75, 3.05) is 5.73 Å². The maximum atomic E-state index is 11.7. The van der Waals surface area contributed by atoms with Gasteiger partial charge in [-0.05, 0) is 38.8 Å². The molecule has 1 aromatic carbocycles. The maximum Gasteiger partial charge on any atom is 0.252 e. The lowest BCUT2D eigenvalue weighted by Gasteiger charge is -2.20. The number of rotatable bonds is 4. The summed E-state index contributed by atoms with van der Waals surface area (Å²) in [5.74, 6) is 0.263. The number of carbonyl (C=O) groups is 1. The lowest BCUT2D eigenvalue weighted by molar-refractivity contribution is 0.0993. The highest BCUT2D eigenvalue weighted by molar-refractivity contribution is 5.95. The summed E-state index contributed by atoms with van der Waals surface area (Å²) in [6, 6.07) is 5.89. The van der Waals surface area contributed by atoms with Crippen LogP contribution in [-0.4, -0.2) is 15.9 Å². The molecular weight excluding hydrogens is 280 g/mol. The van der Waals surface area contributed by atoms with E-state index < -0.39 is 12.0 Å². The molecule has 0 aliphatic heterocycles. The first-order chi connectivity index (χ1) is 10.3. The van der Waals surface area contributed by atoms with Gasteiger partial charge in [0.25, 0.3) is 5.91 Å². The first-order valence-electron chi connectivity index (χ1n) is 6.98. The number of aromatic nitrogens is 2. The minimum absolute atomic E-state index is 0.0921. The highest BCUT2D eigenvalue weighted by atomic mass is 16.5. The Morgan fingerprint density at radius 3 is 2.32 bits per heavy atom. The Kier molecular flexibility index (Phi) is 4.30. The topological polar surface area (TPSA) is 104 Å². The molecule has 4 N–H and O–H groups in total. The zero-order valence-corrected chi connectivity index (χ0v) is 13.2. The van der Waals surface area contributed by atoms with Crippen molar-refractivity contribution in [2.45, 2.75) is 33.8 Å². The van der Waals surface area contributed by atoms with Gasteiger partial charge in [-0.2, -0.15) is 0 Å². The predicted octanol–water partition coefficient (Wildman–Crippen LogP) is 2.22. The van der Waals surface area contributed by atoms with Gasteiger partial charge in [0.15, 0.2) is 0 Å². The van der Waals surface area contributed by atoms with Gasteiger partial charge in [-0.15, -0.1) is 0 Å². The van der Waals surface area contributed by atoms with Crippen LogP contribution >= 0.6 is 0 Å². The third-order valence-corrected chi connectivity index (χ3v) is 3.47. The van der Waals surface area contributed by atoms with Crippen LogP contribution in [0.3, 0.4) is 0 Å². The first-order valence-corrected chi connectivity index (χ1v) is 6.98. The fraction of sp³-hybridized carbons (Fsp3) is 0.312. The summed E-state index contributed by atoms with van der Waals surface area (Å²) in [5.41, 5.74) is 14.3. The van der Waals surface area contributed by atoms with Crippen LogP contribution in [0.2, 0.25) is 0 Å². The van der Waals surface area contributed by atoms with Crippen LogP contribution in [-0.2, 0) is 0 Å². The van der Waals surface area contributed by atoms with E-state index in [2.05, 4.69) is 9.97 Å². The number of benzene rings is 1. The Bertz CT molecular complexity index is 708. The molecule has 116 valence electrons. The maximum absolute atomic E-state index is 11.7. The van der Waals surface area contributed by atoms with Gasteiger partial charge in [0.05, 0.1) is 17.0 Å². The van der Waals surface area contributed by atoms with Gasteiger partial charge in [0, 0.05) is 0 Å². The number of anilines is 1. The Labute approximate surface area is 129 Å². The molecule has 2 rings (SSSR count). The molecule has 1 heterocycles. The van der Waals surface area contributed by atoms with Crippen molar-refractivity contribution in [3.63, 3.8) is 0 Å². The number of nitrogens with zero attached hydrogens (tertiary/aromatic N) is 2. The molecule has 22 heavy (non-hydrogen) atoms. The quantitative estimate of drug-likeness (QED) is 0.901. The van der Waals surface area contributed by atoms with Crippen LogP contribution in [0.5, 0.6) is 5.75 Å². The van der Waals surface area contributed by atoms with E-state index in [0.29, 0.717) is 11.4 Å². The van der Waals surface area contributed by atoms with Crippen molar-refractivity contribution < 1.29 is 9.53 Å². The molecule has 2 aromatic rings. The van der Waals surface area contributed by atoms with Crippen molar-refractivity contribution in [2.24, 2.45) is 5.73 Å². The van der Waals surface area contributed by atoms with E-state index in [4.69, 9.17) is 16.2 Å². The van der Waals surface area contributed by atoms with Crippen molar-refractivity contribution in [1.82, 2.24) is 9.97 Å². The fourth-order valence-corrected chi connectivity index (χ4v) is 2.43. The van der Waals surface area contributed by atoms with Crippen LogP contribution in [0.15, 0.2) is 18.2 Å². The molecule has 0 aliphatic carbocycles.